The van der Waals surface area contributed by atoms with Gasteiger partial charge in [-0.1, -0.05) is 78.9 Å². The highest BCUT2D eigenvalue weighted by atomic mass is 15.0. The number of benzene rings is 6. The zero-order valence-electron chi connectivity index (χ0n) is 21.3. The highest BCUT2D eigenvalue weighted by Gasteiger charge is 2.25. The van der Waals surface area contributed by atoms with Crippen molar-refractivity contribution >= 4 is 82.0 Å². The summed E-state index contributed by atoms with van der Waals surface area (Å²) in [6.07, 6.45) is 0. The van der Waals surface area contributed by atoms with E-state index in [0.717, 1.165) is 33.3 Å². The minimum Gasteiger partial charge on any atom is -0.309 e. The summed E-state index contributed by atoms with van der Waals surface area (Å²) >= 11 is 0. The average molecular weight is 509 g/mol. The molecule has 0 N–H and O–H groups in total. The van der Waals surface area contributed by atoms with Crippen LogP contribution in [0, 0.1) is 0 Å². The van der Waals surface area contributed by atoms with Gasteiger partial charge in [-0.2, -0.15) is 0 Å². The lowest BCUT2D eigenvalue weighted by atomic mass is 10.0. The lowest BCUT2D eigenvalue weighted by Gasteiger charge is -2.07. The van der Waals surface area contributed by atoms with E-state index in [0.29, 0.717) is 0 Å². The number of rotatable bonds is 1. The minimum atomic E-state index is 0.910. The third-order valence-corrected chi connectivity index (χ3v) is 8.58. The van der Waals surface area contributed by atoms with Crippen LogP contribution in [0.4, 0.5) is 0 Å². The second-order valence-electron chi connectivity index (χ2n) is 10.6. The first kappa shape index (κ1) is 20.5. The molecule has 0 aliphatic rings. The highest BCUT2D eigenvalue weighted by Crippen LogP contribution is 2.46. The lowest BCUT2D eigenvalue weighted by Crippen LogP contribution is -1.93. The van der Waals surface area contributed by atoms with Gasteiger partial charge in [0, 0.05) is 32.6 Å². The van der Waals surface area contributed by atoms with Crippen LogP contribution in [0.3, 0.4) is 0 Å². The Bertz CT molecular complexity index is 2640. The molecule has 6 aromatic carbocycles. The van der Waals surface area contributed by atoms with Crippen LogP contribution in [-0.4, -0.2) is 18.9 Å². The first-order chi connectivity index (χ1) is 19.9. The van der Waals surface area contributed by atoms with Crippen LogP contribution < -0.4 is 0 Å². The third kappa shape index (κ3) is 2.38. The van der Waals surface area contributed by atoms with Gasteiger partial charge in [0.15, 0.2) is 5.65 Å². The van der Waals surface area contributed by atoms with Gasteiger partial charge >= 0.3 is 0 Å². The van der Waals surface area contributed by atoms with Crippen molar-refractivity contribution in [3.8, 4) is 5.69 Å². The molecule has 184 valence electrons. The van der Waals surface area contributed by atoms with Gasteiger partial charge in [-0.15, -0.1) is 0 Å². The molecule has 0 saturated carbocycles. The molecule has 0 bridgehead atoms. The molecule has 0 spiro atoms. The van der Waals surface area contributed by atoms with Crippen LogP contribution in [0.2, 0.25) is 0 Å². The number of para-hydroxylation sites is 4. The van der Waals surface area contributed by atoms with Crippen LogP contribution in [0.15, 0.2) is 121 Å². The topological polar surface area (TPSA) is 35.1 Å². The lowest BCUT2D eigenvalue weighted by molar-refractivity contribution is 1.18. The summed E-state index contributed by atoms with van der Waals surface area (Å²) < 4.78 is 4.78. The fourth-order valence-corrected chi connectivity index (χ4v) is 7.00. The van der Waals surface area contributed by atoms with E-state index in [4.69, 9.17) is 9.97 Å². The average Bonchev–Trinajstić information content (AvgIpc) is 3.64. The van der Waals surface area contributed by atoms with Gasteiger partial charge in [-0.3, -0.25) is 4.40 Å². The summed E-state index contributed by atoms with van der Waals surface area (Å²) in [5.74, 6) is 0. The van der Waals surface area contributed by atoms with Crippen LogP contribution >= 0.6 is 0 Å². The predicted molar refractivity (Wildman–Crippen MR) is 166 cm³/mol. The minimum absolute atomic E-state index is 0.910. The monoisotopic (exact) mass is 508 g/mol. The molecule has 4 heteroatoms. The Hall–Kier alpha value is -5.48. The van der Waals surface area contributed by atoms with Crippen molar-refractivity contribution in [2.45, 2.75) is 0 Å². The van der Waals surface area contributed by atoms with Gasteiger partial charge < -0.3 is 4.57 Å². The van der Waals surface area contributed by atoms with E-state index in [2.05, 4.69) is 118 Å². The summed E-state index contributed by atoms with van der Waals surface area (Å²) in [6.45, 7) is 0. The van der Waals surface area contributed by atoms with Crippen molar-refractivity contribution < 1.29 is 0 Å². The molecule has 0 radical (unpaired) electrons. The maximum absolute atomic E-state index is 5.25. The Morgan fingerprint density at radius 2 is 1.18 bits per heavy atom. The van der Waals surface area contributed by atoms with E-state index < -0.39 is 0 Å². The summed E-state index contributed by atoms with van der Waals surface area (Å²) in [7, 11) is 0. The molecule has 10 rings (SSSR count). The number of hydrogen-bond donors (Lipinski definition) is 0. The third-order valence-electron chi connectivity index (χ3n) is 8.58. The van der Waals surface area contributed by atoms with Crippen molar-refractivity contribution in [1.29, 1.82) is 0 Å². The Morgan fingerprint density at radius 1 is 0.475 bits per heavy atom. The summed E-state index contributed by atoms with van der Waals surface area (Å²) in [5.41, 5.74) is 9.62. The number of hydrogen-bond acceptors (Lipinski definition) is 2. The molecule has 0 saturated heterocycles. The summed E-state index contributed by atoms with van der Waals surface area (Å²) in [4.78, 5) is 10.4. The van der Waals surface area contributed by atoms with E-state index >= 15 is 0 Å². The Balaban J connectivity index is 1.56. The molecular formula is C36H20N4. The van der Waals surface area contributed by atoms with Gasteiger partial charge in [0.25, 0.3) is 0 Å². The Morgan fingerprint density at radius 3 is 2.05 bits per heavy atom. The number of nitrogens with zero attached hydrogens (tertiary/aromatic N) is 4. The van der Waals surface area contributed by atoms with E-state index in [9.17, 15) is 0 Å². The smallest absolute Gasteiger partial charge is 0.165 e. The van der Waals surface area contributed by atoms with E-state index in [1.807, 2.05) is 12.1 Å². The molecule has 0 aliphatic carbocycles. The zero-order chi connectivity index (χ0) is 25.9. The second-order valence-corrected chi connectivity index (χ2v) is 10.6. The van der Waals surface area contributed by atoms with Crippen LogP contribution in [-0.2, 0) is 0 Å². The van der Waals surface area contributed by atoms with Crippen molar-refractivity contribution in [3.63, 3.8) is 0 Å². The molecular weight excluding hydrogens is 488 g/mol. The van der Waals surface area contributed by atoms with Crippen LogP contribution in [0.5, 0.6) is 0 Å². The SMILES string of the molecule is c1ccc(-n2c3ccccc3c3c2ccc2c4c5ccccc5cc5c6nc7ccccc7nc6n(c54)c23)cc1. The first-order valence-electron chi connectivity index (χ1n) is 13.6. The van der Waals surface area contributed by atoms with Crippen molar-refractivity contribution in [2.75, 3.05) is 0 Å². The molecule has 0 aliphatic heterocycles. The molecule has 0 amide bonds. The first-order valence-corrected chi connectivity index (χ1v) is 13.6. The van der Waals surface area contributed by atoms with Crippen LogP contribution in [0.1, 0.15) is 0 Å². The van der Waals surface area contributed by atoms with E-state index in [-0.39, 0.29) is 0 Å². The second kappa shape index (κ2) is 7.13. The molecule has 40 heavy (non-hydrogen) atoms. The van der Waals surface area contributed by atoms with Crippen molar-refractivity contribution in [2.24, 2.45) is 0 Å². The van der Waals surface area contributed by atoms with Gasteiger partial charge in [0.05, 0.1) is 33.1 Å². The normalized spacial score (nSPS) is 12.5. The van der Waals surface area contributed by atoms with Gasteiger partial charge in [0.1, 0.15) is 5.52 Å². The highest BCUT2D eigenvalue weighted by molar-refractivity contribution is 6.35. The molecule has 4 heterocycles. The summed E-state index contributed by atoms with van der Waals surface area (Å²) in [6, 6.07) is 43.2. The molecule has 4 nitrogen and oxygen atoms in total. The maximum atomic E-state index is 5.25. The van der Waals surface area contributed by atoms with Crippen LogP contribution in [0.25, 0.3) is 87.7 Å². The predicted octanol–water partition coefficient (Wildman–Crippen LogP) is 9.03. The summed E-state index contributed by atoms with van der Waals surface area (Å²) in [5, 5.41) is 8.62. The standard InChI is InChI=1S/C36H20N4/c1-2-11-22(12-3-1)39-29-17-9-6-14-24(29)32-30(39)19-18-25-31-23-13-5-4-10-21(23)20-26-33-36(40(34(25)32)35(26)31)38-28-16-8-7-15-27(28)37-33/h1-20H. The van der Waals surface area contributed by atoms with Crippen molar-refractivity contribution in [1.82, 2.24) is 18.9 Å². The fourth-order valence-electron chi connectivity index (χ4n) is 7.00. The molecule has 0 unspecified atom stereocenters. The van der Waals surface area contributed by atoms with E-state index in [1.165, 1.54) is 54.4 Å². The molecule has 0 atom stereocenters. The molecule has 10 aromatic rings. The Kier molecular flexibility index (Phi) is 3.65. The quantitative estimate of drug-likeness (QED) is 0.222. The Labute approximate surface area is 227 Å². The van der Waals surface area contributed by atoms with Gasteiger partial charge in [-0.25, -0.2) is 9.97 Å². The largest absolute Gasteiger partial charge is 0.309 e. The zero-order valence-corrected chi connectivity index (χ0v) is 21.3. The van der Waals surface area contributed by atoms with Gasteiger partial charge in [0.2, 0.25) is 0 Å². The van der Waals surface area contributed by atoms with Gasteiger partial charge in [-0.05, 0) is 53.2 Å². The maximum Gasteiger partial charge on any atom is 0.165 e. The number of aromatic nitrogens is 4. The van der Waals surface area contributed by atoms with E-state index in [1.54, 1.807) is 0 Å². The fraction of sp³-hybridized carbons (Fsp3) is 0. The van der Waals surface area contributed by atoms with Crippen molar-refractivity contribution in [3.05, 3.63) is 121 Å². The number of fused-ring (bicyclic) bond motifs is 13. The molecule has 4 aromatic heterocycles. The molecule has 0 fully saturated rings.